The van der Waals surface area contributed by atoms with Gasteiger partial charge in [-0.2, -0.15) is 0 Å². The van der Waals surface area contributed by atoms with E-state index in [0.717, 1.165) is 16.1 Å². The maximum absolute atomic E-state index is 12.5. The van der Waals surface area contributed by atoms with Gasteiger partial charge in [-0.3, -0.25) is 4.79 Å². The molecule has 2 aromatic rings. The summed E-state index contributed by atoms with van der Waals surface area (Å²) < 4.78 is 48.5. The van der Waals surface area contributed by atoms with E-state index >= 15 is 0 Å². The lowest BCUT2D eigenvalue weighted by Gasteiger charge is -2.16. The van der Waals surface area contributed by atoms with E-state index < -0.39 is 25.8 Å². The van der Waals surface area contributed by atoms with Crippen molar-refractivity contribution < 1.29 is 21.6 Å². The highest BCUT2D eigenvalue weighted by Gasteiger charge is 2.19. The van der Waals surface area contributed by atoms with Gasteiger partial charge in [0, 0.05) is 25.9 Å². The Kier molecular flexibility index (Phi) is 6.08. The molecule has 0 saturated carbocycles. The molecule has 2 aromatic carbocycles. The van der Waals surface area contributed by atoms with Gasteiger partial charge in [-0.1, -0.05) is 18.2 Å². The molecule has 0 heterocycles. The van der Waals surface area contributed by atoms with E-state index in [1.165, 1.54) is 50.5 Å². The summed E-state index contributed by atoms with van der Waals surface area (Å²) in [7, 11) is -4.08. The fraction of sp³-hybridized carbons (Fsp3) is 0.278. The average molecular weight is 411 g/mol. The first-order valence-corrected chi connectivity index (χ1v) is 11.4. The third-order valence-electron chi connectivity index (χ3n) is 4.03. The van der Waals surface area contributed by atoms with Gasteiger partial charge in [0.1, 0.15) is 0 Å². The second-order valence-electron chi connectivity index (χ2n) is 6.35. The smallest absolute Gasteiger partial charge is 0.251 e. The molecule has 0 fully saturated rings. The summed E-state index contributed by atoms with van der Waals surface area (Å²) >= 11 is 0. The maximum Gasteiger partial charge on any atom is 0.251 e. The fourth-order valence-electron chi connectivity index (χ4n) is 2.38. The molecule has 0 bridgehead atoms. The van der Waals surface area contributed by atoms with Crippen LogP contribution >= 0.6 is 0 Å². The first-order chi connectivity index (χ1) is 12.4. The average Bonchev–Trinajstić information content (AvgIpc) is 2.61. The van der Waals surface area contributed by atoms with Gasteiger partial charge in [0.2, 0.25) is 10.0 Å². The van der Waals surface area contributed by atoms with Crippen LogP contribution in [-0.4, -0.2) is 47.4 Å². The number of carbonyl (C=O) groups excluding carboxylic acids is 1. The first kappa shape index (κ1) is 21.1. The molecule has 0 aliphatic heterocycles. The predicted molar refractivity (Wildman–Crippen MR) is 103 cm³/mol. The zero-order valence-electron chi connectivity index (χ0n) is 15.5. The van der Waals surface area contributed by atoms with E-state index in [0.29, 0.717) is 0 Å². The largest absolute Gasteiger partial charge is 0.346 e. The number of hydrogen-bond donors (Lipinski definition) is 1. The van der Waals surface area contributed by atoms with Crippen molar-refractivity contribution in [2.45, 2.75) is 22.8 Å². The Morgan fingerprint density at radius 2 is 1.56 bits per heavy atom. The highest BCUT2D eigenvalue weighted by atomic mass is 32.2. The van der Waals surface area contributed by atoms with E-state index in [1.807, 2.05) is 0 Å². The minimum absolute atomic E-state index is 0.0327. The molecule has 0 aliphatic rings. The monoisotopic (exact) mass is 410 g/mol. The lowest BCUT2D eigenvalue weighted by Crippen LogP contribution is -2.27. The molecule has 0 spiro atoms. The van der Waals surface area contributed by atoms with Crippen LogP contribution in [-0.2, 0) is 19.9 Å². The van der Waals surface area contributed by atoms with Gasteiger partial charge in [0.15, 0.2) is 9.84 Å². The molecule has 0 radical (unpaired) electrons. The molecule has 7 nitrogen and oxygen atoms in total. The molecule has 146 valence electrons. The topological polar surface area (TPSA) is 101 Å². The number of sulfonamides is 1. The molecule has 9 heteroatoms. The van der Waals surface area contributed by atoms with Crippen molar-refractivity contribution in [1.82, 2.24) is 9.62 Å². The molecule has 0 aliphatic carbocycles. The fourth-order valence-corrected chi connectivity index (χ4v) is 3.95. The van der Waals surface area contributed by atoms with Crippen LogP contribution in [0, 0.1) is 0 Å². The van der Waals surface area contributed by atoms with Crippen LogP contribution in [0.3, 0.4) is 0 Å². The van der Waals surface area contributed by atoms with Gasteiger partial charge < -0.3 is 5.32 Å². The van der Waals surface area contributed by atoms with Crippen molar-refractivity contribution >= 4 is 25.8 Å². The minimum Gasteiger partial charge on any atom is -0.346 e. The summed E-state index contributed by atoms with van der Waals surface area (Å²) in [5.74, 6) is -0.425. The Hall–Kier alpha value is -2.23. The zero-order chi connectivity index (χ0) is 20.4. The van der Waals surface area contributed by atoms with Gasteiger partial charge >= 0.3 is 0 Å². The molecule has 0 unspecified atom stereocenters. The van der Waals surface area contributed by atoms with Gasteiger partial charge in [-0.15, -0.1) is 0 Å². The number of nitrogens with zero attached hydrogens (tertiary/aromatic N) is 1. The van der Waals surface area contributed by atoms with E-state index in [1.54, 1.807) is 19.1 Å². The van der Waals surface area contributed by atoms with Crippen LogP contribution < -0.4 is 5.32 Å². The molecule has 0 aromatic heterocycles. The number of sulfone groups is 1. The molecule has 1 atom stereocenters. The van der Waals surface area contributed by atoms with Gasteiger partial charge in [-0.05, 0) is 42.8 Å². The minimum atomic E-state index is -3.64. The predicted octanol–water partition coefficient (Wildman–Crippen LogP) is 1.83. The Morgan fingerprint density at radius 1 is 0.963 bits per heavy atom. The number of amides is 1. The summed E-state index contributed by atoms with van der Waals surface area (Å²) in [5, 5.41) is 2.78. The van der Waals surface area contributed by atoms with E-state index in [9.17, 15) is 21.6 Å². The summed E-state index contributed by atoms with van der Waals surface area (Å²) in [6.45, 7) is 1.76. The second-order valence-corrected chi connectivity index (χ2v) is 10.5. The molecule has 2 rings (SSSR count). The normalized spacial score (nSPS) is 13.4. The summed E-state index contributed by atoms with van der Waals surface area (Å²) in [6, 6.07) is 11.6. The third kappa shape index (κ3) is 4.94. The van der Waals surface area contributed by atoms with Crippen molar-refractivity contribution in [3.63, 3.8) is 0 Å². The number of benzene rings is 2. The first-order valence-electron chi connectivity index (χ1n) is 8.06. The number of hydrogen-bond acceptors (Lipinski definition) is 5. The van der Waals surface area contributed by atoms with Crippen molar-refractivity contribution in [2.75, 3.05) is 20.4 Å². The van der Waals surface area contributed by atoms with Gasteiger partial charge in [-0.25, -0.2) is 21.1 Å². The Labute approximate surface area is 160 Å². The summed E-state index contributed by atoms with van der Waals surface area (Å²) in [5.41, 5.74) is 0.949. The summed E-state index contributed by atoms with van der Waals surface area (Å²) in [6.07, 6.45) is 1.13. The van der Waals surface area contributed by atoms with Crippen molar-refractivity contribution in [3.8, 4) is 0 Å². The van der Waals surface area contributed by atoms with Crippen molar-refractivity contribution in [3.05, 3.63) is 59.7 Å². The Morgan fingerprint density at radius 3 is 2.07 bits per heavy atom. The quantitative estimate of drug-likeness (QED) is 0.783. The highest BCUT2D eigenvalue weighted by Crippen LogP contribution is 2.18. The van der Waals surface area contributed by atoms with E-state index in [4.69, 9.17) is 0 Å². The van der Waals surface area contributed by atoms with Crippen LogP contribution in [0.2, 0.25) is 0 Å². The SMILES string of the molecule is C[C@H](NC(=O)c1cccc(S(=O)(=O)N(C)C)c1)c1ccc(S(C)(=O)=O)cc1. The number of nitrogens with one attached hydrogen (secondary N) is 1. The van der Waals surface area contributed by atoms with Crippen LogP contribution in [0.15, 0.2) is 58.3 Å². The summed E-state index contributed by atoms with van der Waals surface area (Å²) in [4.78, 5) is 12.7. The van der Waals surface area contributed by atoms with E-state index in [-0.39, 0.29) is 21.4 Å². The molecular formula is C18H22N2O5S2. The lowest BCUT2D eigenvalue weighted by atomic mass is 10.1. The lowest BCUT2D eigenvalue weighted by molar-refractivity contribution is 0.0939. The van der Waals surface area contributed by atoms with Crippen molar-refractivity contribution in [2.24, 2.45) is 0 Å². The molecule has 1 amide bonds. The van der Waals surface area contributed by atoms with Crippen LogP contribution in [0.1, 0.15) is 28.9 Å². The van der Waals surface area contributed by atoms with Crippen LogP contribution in [0.5, 0.6) is 0 Å². The van der Waals surface area contributed by atoms with Crippen LogP contribution in [0.25, 0.3) is 0 Å². The van der Waals surface area contributed by atoms with Crippen LogP contribution in [0.4, 0.5) is 0 Å². The molecule has 1 N–H and O–H groups in total. The molecule has 27 heavy (non-hydrogen) atoms. The van der Waals surface area contributed by atoms with E-state index in [2.05, 4.69) is 5.32 Å². The zero-order valence-corrected chi connectivity index (χ0v) is 17.1. The standard InChI is InChI=1S/C18H22N2O5S2/c1-13(14-8-10-16(11-9-14)26(4,22)23)19-18(21)15-6-5-7-17(12-15)27(24,25)20(2)3/h5-13H,1-4H3,(H,19,21)/t13-/m0/s1. The molecular weight excluding hydrogens is 388 g/mol. The third-order valence-corrected chi connectivity index (χ3v) is 6.97. The second kappa shape index (κ2) is 7.79. The van der Waals surface area contributed by atoms with Crippen molar-refractivity contribution in [1.29, 1.82) is 0 Å². The van der Waals surface area contributed by atoms with Gasteiger partial charge in [0.05, 0.1) is 15.8 Å². The van der Waals surface area contributed by atoms with Gasteiger partial charge in [0.25, 0.3) is 5.91 Å². The number of carbonyl (C=O) groups is 1. The Bertz CT molecular complexity index is 1040. The number of rotatable bonds is 6. The Balaban J connectivity index is 2.20. The highest BCUT2D eigenvalue weighted by molar-refractivity contribution is 7.90. The maximum atomic E-state index is 12.5. The molecule has 0 saturated heterocycles.